The number of aliphatic hydroxyl groups excluding tert-OH is 1. The van der Waals surface area contributed by atoms with Crippen LogP contribution in [0, 0.1) is 0 Å². The van der Waals surface area contributed by atoms with E-state index in [1.165, 1.54) is 16.3 Å². The fraction of sp³-hybridized carbons (Fsp3) is 0.800. The molecule has 2 atom stereocenters. The highest BCUT2D eigenvalue weighted by atomic mass is 32.2. The molecule has 6 nitrogen and oxygen atoms in total. The standard InChI is InChI=1S/C10H20N4O2S/c1-3-5-7(11)8(6-15)17-10-13-12-9(16)14(10)4-2/h7-8,15H,3-6,11H2,1-2H3,(H,12,16). The van der Waals surface area contributed by atoms with Crippen LogP contribution in [0.25, 0.3) is 0 Å². The first-order valence-electron chi connectivity index (χ1n) is 5.82. The van der Waals surface area contributed by atoms with Gasteiger partial charge in [0.15, 0.2) is 5.16 Å². The number of nitrogens with zero attached hydrogens (tertiary/aromatic N) is 2. The largest absolute Gasteiger partial charge is 0.395 e. The van der Waals surface area contributed by atoms with Crippen LogP contribution in [-0.4, -0.2) is 37.8 Å². The number of nitrogens with one attached hydrogen (secondary N) is 1. The van der Waals surface area contributed by atoms with Crippen LogP contribution in [0.4, 0.5) is 0 Å². The Bertz CT molecular complexity index is 390. The van der Waals surface area contributed by atoms with Crippen LogP contribution >= 0.6 is 11.8 Å². The maximum Gasteiger partial charge on any atom is 0.343 e. The summed E-state index contributed by atoms with van der Waals surface area (Å²) in [6.07, 6.45) is 1.82. The van der Waals surface area contributed by atoms with Crippen LogP contribution in [-0.2, 0) is 6.54 Å². The van der Waals surface area contributed by atoms with E-state index < -0.39 is 0 Å². The van der Waals surface area contributed by atoms with Gasteiger partial charge < -0.3 is 10.8 Å². The minimum atomic E-state index is -0.226. The number of hydrogen-bond donors (Lipinski definition) is 3. The lowest BCUT2D eigenvalue weighted by Gasteiger charge is -2.20. The van der Waals surface area contributed by atoms with Crippen molar-refractivity contribution in [2.45, 2.75) is 49.7 Å². The molecule has 0 amide bonds. The molecule has 7 heteroatoms. The molecular weight excluding hydrogens is 240 g/mol. The molecule has 0 fully saturated rings. The number of aliphatic hydroxyl groups is 1. The number of aromatic amines is 1. The van der Waals surface area contributed by atoms with E-state index >= 15 is 0 Å². The van der Waals surface area contributed by atoms with Crippen LogP contribution in [0.15, 0.2) is 9.95 Å². The summed E-state index contributed by atoms with van der Waals surface area (Å²) in [7, 11) is 0. The highest BCUT2D eigenvalue weighted by Gasteiger charge is 2.20. The quantitative estimate of drug-likeness (QED) is 0.607. The molecule has 0 aromatic carbocycles. The lowest BCUT2D eigenvalue weighted by molar-refractivity contribution is 0.279. The van der Waals surface area contributed by atoms with Gasteiger partial charge in [0.05, 0.1) is 11.9 Å². The fourth-order valence-corrected chi connectivity index (χ4v) is 2.68. The molecule has 0 spiro atoms. The summed E-state index contributed by atoms with van der Waals surface area (Å²) >= 11 is 1.35. The molecule has 1 aromatic heterocycles. The molecule has 1 rings (SSSR count). The zero-order valence-electron chi connectivity index (χ0n) is 10.2. The predicted octanol–water partition coefficient (Wildman–Crippen LogP) is 0.172. The third-order valence-corrected chi connectivity index (χ3v) is 3.90. The molecule has 0 aliphatic heterocycles. The Balaban J connectivity index is 2.76. The highest BCUT2D eigenvalue weighted by Crippen LogP contribution is 2.23. The molecule has 1 aromatic rings. The van der Waals surface area contributed by atoms with Crippen LogP contribution < -0.4 is 11.4 Å². The molecule has 0 aliphatic carbocycles. The Morgan fingerprint density at radius 1 is 1.59 bits per heavy atom. The second-order valence-electron chi connectivity index (χ2n) is 3.85. The monoisotopic (exact) mass is 260 g/mol. The smallest absolute Gasteiger partial charge is 0.343 e. The molecule has 1 heterocycles. The Morgan fingerprint density at radius 3 is 2.82 bits per heavy atom. The lowest BCUT2D eigenvalue weighted by atomic mass is 10.1. The molecule has 17 heavy (non-hydrogen) atoms. The van der Waals surface area contributed by atoms with Gasteiger partial charge in [0, 0.05) is 12.6 Å². The molecular formula is C10H20N4O2S. The Hall–Kier alpha value is -0.790. The van der Waals surface area contributed by atoms with Crippen molar-refractivity contribution < 1.29 is 5.11 Å². The van der Waals surface area contributed by atoms with Crippen molar-refractivity contribution in [2.24, 2.45) is 5.73 Å². The number of rotatable bonds is 7. The van der Waals surface area contributed by atoms with Gasteiger partial charge in [-0.15, -0.1) is 5.10 Å². The number of H-pyrrole nitrogens is 1. The van der Waals surface area contributed by atoms with Crippen LogP contribution in [0.3, 0.4) is 0 Å². The van der Waals surface area contributed by atoms with Gasteiger partial charge in [-0.05, 0) is 13.3 Å². The SMILES string of the molecule is CCCC(N)C(CO)Sc1n[nH]c(=O)n1CC. The van der Waals surface area contributed by atoms with Crippen molar-refractivity contribution in [3.05, 3.63) is 10.5 Å². The van der Waals surface area contributed by atoms with Gasteiger partial charge in [0.1, 0.15) is 0 Å². The lowest BCUT2D eigenvalue weighted by Crippen LogP contribution is -2.35. The minimum Gasteiger partial charge on any atom is -0.395 e. The zero-order chi connectivity index (χ0) is 12.8. The second-order valence-corrected chi connectivity index (χ2v) is 5.05. The van der Waals surface area contributed by atoms with Gasteiger partial charge in [-0.3, -0.25) is 4.57 Å². The first-order valence-corrected chi connectivity index (χ1v) is 6.70. The molecule has 0 radical (unpaired) electrons. The molecule has 0 bridgehead atoms. The molecule has 0 aliphatic rings. The zero-order valence-corrected chi connectivity index (χ0v) is 11.0. The van der Waals surface area contributed by atoms with E-state index in [0.29, 0.717) is 11.7 Å². The molecule has 0 saturated carbocycles. The molecule has 0 saturated heterocycles. The van der Waals surface area contributed by atoms with E-state index in [1.807, 2.05) is 6.92 Å². The normalized spacial score (nSPS) is 14.8. The average molecular weight is 260 g/mol. The summed E-state index contributed by atoms with van der Waals surface area (Å²) in [5.41, 5.74) is 5.75. The Morgan fingerprint density at radius 2 is 2.29 bits per heavy atom. The van der Waals surface area contributed by atoms with Crippen LogP contribution in [0.1, 0.15) is 26.7 Å². The van der Waals surface area contributed by atoms with Gasteiger partial charge in [-0.25, -0.2) is 9.89 Å². The van der Waals surface area contributed by atoms with Gasteiger partial charge >= 0.3 is 5.69 Å². The van der Waals surface area contributed by atoms with Crippen molar-refractivity contribution in [3.8, 4) is 0 Å². The summed E-state index contributed by atoms with van der Waals surface area (Å²) in [6, 6.07) is -0.0906. The first kappa shape index (κ1) is 14.3. The Labute approximate surface area is 105 Å². The summed E-state index contributed by atoms with van der Waals surface area (Å²) in [5, 5.41) is 16.1. The fourth-order valence-electron chi connectivity index (χ4n) is 1.59. The van der Waals surface area contributed by atoms with E-state index in [2.05, 4.69) is 17.1 Å². The van der Waals surface area contributed by atoms with Gasteiger partial charge in [-0.2, -0.15) is 0 Å². The van der Waals surface area contributed by atoms with Crippen molar-refractivity contribution in [3.63, 3.8) is 0 Å². The van der Waals surface area contributed by atoms with E-state index in [0.717, 1.165) is 12.8 Å². The molecule has 4 N–H and O–H groups in total. The van der Waals surface area contributed by atoms with Gasteiger partial charge in [-0.1, -0.05) is 25.1 Å². The highest BCUT2D eigenvalue weighted by molar-refractivity contribution is 7.99. The first-order chi connectivity index (χ1) is 8.13. The number of aromatic nitrogens is 3. The topological polar surface area (TPSA) is 96.9 Å². The van der Waals surface area contributed by atoms with Crippen molar-refractivity contribution in [2.75, 3.05) is 6.61 Å². The molecule has 2 unspecified atom stereocenters. The third-order valence-electron chi connectivity index (χ3n) is 2.58. The number of thioether (sulfide) groups is 1. The van der Waals surface area contributed by atoms with Crippen molar-refractivity contribution >= 4 is 11.8 Å². The van der Waals surface area contributed by atoms with Gasteiger partial charge in [0.2, 0.25) is 0 Å². The predicted molar refractivity (Wildman–Crippen MR) is 68.1 cm³/mol. The van der Waals surface area contributed by atoms with Crippen LogP contribution in [0.2, 0.25) is 0 Å². The maximum atomic E-state index is 11.4. The van der Waals surface area contributed by atoms with Crippen molar-refractivity contribution in [1.29, 1.82) is 0 Å². The minimum absolute atomic E-state index is 0.0173. The van der Waals surface area contributed by atoms with Crippen molar-refractivity contribution in [1.82, 2.24) is 14.8 Å². The second kappa shape index (κ2) is 6.83. The Kier molecular flexibility index (Phi) is 5.73. The van der Waals surface area contributed by atoms with E-state index in [-0.39, 0.29) is 23.6 Å². The summed E-state index contributed by atoms with van der Waals surface area (Å²) in [4.78, 5) is 11.4. The number of nitrogens with two attached hydrogens (primary N) is 1. The van der Waals surface area contributed by atoms with Crippen LogP contribution in [0.5, 0.6) is 0 Å². The summed E-state index contributed by atoms with van der Waals surface area (Å²) in [6.45, 7) is 4.46. The van der Waals surface area contributed by atoms with E-state index in [1.54, 1.807) is 0 Å². The number of hydrogen-bond acceptors (Lipinski definition) is 5. The van der Waals surface area contributed by atoms with Gasteiger partial charge in [0.25, 0.3) is 0 Å². The average Bonchev–Trinajstić information content (AvgIpc) is 2.66. The van der Waals surface area contributed by atoms with E-state index in [9.17, 15) is 9.90 Å². The maximum absolute atomic E-state index is 11.4. The third kappa shape index (κ3) is 3.58. The molecule has 98 valence electrons. The van der Waals surface area contributed by atoms with E-state index in [4.69, 9.17) is 5.73 Å². The summed E-state index contributed by atoms with van der Waals surface area (Å²) in [5.74, 6) is 0. The summed E-state index contributed by atoms with van der Waals surface area (Å²) < 4.78 is 1.53.